The van der Waals surface area contributed by atoms with E-state index in [4.69, 9.17) is 23.0 Å². The fraction of sp³-hybridized carbons (Fsp3) is 0.400. The van der Waals surface area contributed by atoms with Gasteiger partial charge in [0.15, 0.2) is 11.6 Å². The van der Waals surface area contributed by atoms with Gasteiger partial charge in [0, 0.05) is 50.6 Å². The predicted molar refractivity (Wildman–Crippen MR) is 214 cm³/mol. The second-order valence-corrected chi connectivity index (χ2v) is 14.9. The van der Waals surface area contributed by atoms with E-state index in [1.165, 1.54) is 10.2 Å². The first kappa shape index (κ1) is 40.3. The van der Waals surface area contributed by atoms with Crippen LogP contribution >= 0.6 is 0 Å². The van der Waals surface area contributed by atoms with Crippen molar-refractivity contribution in [2.45, 2.75) is 86.0 Å². The quantitative estimate of drug-likeness (QED) is 0.209. The van der Waals surface area contributed by atoms with Gasteiger partial charge in [-0.2, -0.15) is 14.9 Å². The van der Waals surface area contributed by atoms with Crippen LogP contribution in [0.4, 0.5) is 4.79 Å². The molecule has 4 aromatic rings. The highest BCUT2D eigenvalue weighted by Crippen LogP contribution is 2.52. The Bertz CT molecular complexity index is 2270. The molecule has 0 saturated heterocycles. The molecular weight excluding hydrogens is 689 g/mol. The molecule has 10 heteroatoms. The van der Waals surface area contributed by atoms with E-state index in [0.29, 0.717) is 0 Å². The average Bonchev–Trinajstić information content (AvgIpc) is 3.80. The lowest BCUT2D eigenvalue weighted by Gasteiger charge is -2.45. The summed E-state index contributed by atoms with van der Waals surface area (Å²) in [6.45, 7) is 24.8. The normalized spacial score (nSPS) is 25.9. The number of rotatable bonds is 3. The second kappa shape index (κ2) is 15.5. The molecule has 2 aromatic carbocycles. The van der Waals surface area contributed by atoms with Crippen LogP contribution in [0.1, 0.15) is 84.8 Å². The minimum absolute atomic E-state index is 0. The molecule has 55 heavy (non-hydrogen) atoms. The number of hydrogen-bond acceptors (Lipinski definition) is 6. The predicted octanol–water partition coefficient (Wildman–Crippen LogP) is 9.59. The topological polar surface area (TPSA) is 116 Å². The van der Waals surface area contributed by atoms with Crippen LogP contribution in [0.3, 0.4) is 0 Å². The molecule has 0 saturated carbocycles. The lowest BCUT2D eigenvalue weighted by molar-refractivity contribution is -0.122. The molecule has 0 bridgehead atoms. The van der Waals surface area contributed by atoms with Gasteiger partial charge in [-0.1, -0.05) is 115 Å². The van der Waals surface area contributed by atoms with Crippen molar-refractivity contribution in [1.82, 2.24) is 20.0 Å². The van der Waals surface area contributed by atoms with Gasteiger partial charge in [0.25, 0.3) is 0 Å². The lowest BCUT2D eigenvalue weighted by atomic mass is 9.58. The summed E-state index contributed by atoms with van der Waals surface area (Å²) in [5.74, 6) is -0.233. The first-order valence-electron chi connectivity index (χ1n) is 18.3. The number of aromatic nitrogens is 4. The smallest absolute Gasteiger partial charge is 0.435 e. The van der Waals surface area contributed by atoms with Crippen molar-refractivity contribution in [1.29, 1.82) is 0 Å². The molecule has 4 aliphatic rings. The van der Waals surface area contributed by atoms with Gasteiger partial charge in [0.05, 0.1) is 36.8 Å². The monoisotopic (exact) mass is 738 g/mol. The van der Waals surface area contributed by atoms with Crippen molar-refractivity contribution >= 4 is 17.7 Å². The summed E-state index contributed by atoms with van der Waals surface area (Å²) in [6.07, 6.45) is 6.49. The van der Waals surface area contributed by atoms with Crippen molar-refractivity contribution < 1.29 is 19.1 Å². The summed E-state index contributed by atoms with van der Waals surface area (Å²) in [6, 6.07) is 19.9. The van der Waals surface area contributed by atoms with Crippen LogP contribution < -0.4 is 0 Å². The van der Waals surface area contributed by atoms with E-state index in [9.17, 15) is 14.4 Å². The maximum Gasteiger partial charge on any atom is 0.435 e. The first-order chi connectivity index (χ1) is 25.5. The molecule has 0 aliphatic heterocycles. The number of fused-ring (bicyclic) bond motifs is 6. The van der Waals surface area contributed by atoms with E-state index in [2.05, 4.69) is 38.9 Å². The molecule has 2 heterocycles. The fourth-order valence-corrected chi connectivity index (χ4v) is 9.39. The molecule has 1 N–H and O–H groups in total. The molecule has 0 amide bonds. The Labute approximate surface area is 324 Å². The molecule has 2 aromatic heterocycles. The van der Waals surface area contributed by atoms with Crippen molar-refractivity contribution in [2.75, 3.05) is 6.61 Å². The van der Waals surface area contributed by atoms with Gasteiger partial charge >= 0.3 is 6.09 Å². The number of carbonyl (C=O) groups excluding carboxylic acids is 3. The Morgan fingerprint density at radius 1 is 0.836 bits per heavy atom. The van der Waals surface area contributed by atoms with Crippen LogP contribution in [0, 0.1) is 36.8 Å². The van der Waals surface area contributed by atoms with Crippen LogP contribution in [0.15, 0.2) is 84.2 Å². The Balaban J connectivity index is 0.000000207. The number of Topliss-reactive ketones (excluding diaryl/α,β-unsaturated/α-hetero) is 2. The standard InChI is InChI=1S/C23H23N3O3.C20H19N3O.2CH4/c1-5-29-22(28)26-19(15-9-7-6-8-10-15)16-11-12-17-14(2)20(27)18(24-4)13-23(17,3)21(16)25-26;1-12-15-10-9-14-17(13-7-5-4-6-8-13)22-23-19(14)20(15,2)11-16(21-3)18(12)24;;/h6-10,13-14,17H,5,11-12H2,1-3H3;4-8,11-12,15H,9-10H2,1-2H3,(H,22,23);2*1H4/t14-,17-,23-;12-,15-,20-;;/m00../s1. The third-order valence-corrected chi connectivity index (χ3v) is 12.0. The zero-order valence-corrected chi connectivity index (χ0v) is 30.6. The minimum atomic E-state index is -0.581. The number of carbonyl (C=O) groups is 3. The summed E-state index contributed by atoms with van der Waals surface area (Å²) in [5, 5.41) is 12.5. The van der Waals surface area contributed by atoms with Crippen LogP contribution in [-0.2, 0) is 38.0 Å². The molecular formula is C45H50N6O4. The van der Waals surface area contributed by atoms with E-state index in [-0.39, 0.29) is 73.5 Å². The minimum Gasteiger partial charge on any atom is -0.448 e. The van der Waals surface area contributed by atoms with E-state index in [1.807, 2.05) is 75.4 Å². The van der Waals surface area contributed by atoms with Crippen molar-refractivity contribution in [3.63, 3.8) is 0 Å². The van der Waals surface area contributed by atoms with E-state index in [0.717, 1.165) is 65.1 Å². The maximum absolute atomic E-state index is 12.7. The average molecular weight is 739 g/mol. The number of ether oxygens (including phenoxy) is 1. The zero-order valence-electron chi connectivity index (χ0n) is 30.6. The van der Waals surface area contributed by atoms with Gasteiger partial charge in [0.1, 0.15) is 0 Å². The Morgan fingerprint density at radius 2 is 1.35 bits per heavy atom. The number of nitrogens with one attached hydrogen (secondary N) is 1. The zero-order chi connectivity index (χ0) is 37.7. The fourth-order valence-electron chi connectivity index (χ4n) is 9.39. The van der Waals surface area contributed by atoms with Crippen LogP contribution in [0.5, 0.6) is 0 Å². The molecule has 0 fully saturated rings. The van der Waals surface area contributed by atoms with E-state index >= 15 is 0 Å². The van der Waals surface area contributed by atoms with E-state index < -0.39 is 11.5 Å². The summed E-state index contributed by atoms with van der Waals surface area (Å²) >= 11 is 0. The summed E-state index contributed by atoms with van der Waals surface area (Å²) in [5.41, 5.74) is 7.29. The van der Waals surface area contributed by atoms with E-state index in [1.54, 1.807) is 13.0 Å². The number of H-pyrrole nitrogens is 1. The van der Waals surface area contributed by atoms with Gasteiger partial charge in [-0.15, -0.1) is 0 Å². The van der Waals surface area contributed by atoms with Gasteiger partial charge in [-0.05, 0) is 44.4 Å². The maximum atomic E-state index is 12.7. The molecule has 6 atom stereocenters. The molecule has 0 unspecified atom stereocenters. The molecule has 0 radical (unpaired) electrons. The molecule has 10 nitrogen and oxygen atoms in total. The Morgan fingerprint density at radius 3 is 1.89 bits per heavy atom. The Kier molecular flexibility index (Phi) is 11.3. The Hall–Kier alpha value is -5.87. The van der Waals surface area contributed by atoms with Gasteiger partial charge < -0.3 is 14.3 Å². The summed E-state index contributed by atoms with van der Waals surface area (Å²) < 4.78 is 6.61. The van der Waals surface area contributed by atoms with Gasteiger partial charge in [-0.3, -0.25) is 5.10 Å². The highest BCUT2D eigenvalue weighted by Gasteiger charge is 2.51. The number of allylic oxidation sites excluding steroid dienone is 4. The van der Waals surface area contributed by atoms with Crippen LogP contribution in [-0.4, -0.2) is 44.2 Å². The summed E-state index contributed by atoms with van der Waals surface area (Å²) in [7, 11) is 0. The van der Waals surface area contributed by atoms with Gasteiger partial charge in [0.2, 0.25) is 11.4 Å². The van der Waals surface area contributed by atoms with Crippen molar-refractivity contribution in [2.24, 2.45) is 23.7 Å². The lowest BCUT2D eigenvalue weighted by Crippen LogP contribution is -2.45. The first-order valence-corrected chi connectivity index (χ1v) is 18.3. The second-order valence-electron chi connectivity index (χ2n) is 14.9. The molecule has 8 rings (SSSR count). The highest BCUT2D eigenvalue weighted by molar-refractivity contribution is 6.01. The van der Waals surface area contributed by atoms with Crippen molar-refractivity contribution in [3.05, 3.63) is 130 Å². The molecule has 0 spiro atoms. The van der Waals surface area contributed by atoms with Gasteiger partial charge in [-0.25, -0.2) is 14.5 Å². The number of aromatic amines is 1. The number of ketones is 2. The molecule has 284 valence electrons. The third kappa shape index (κ3) is 6.44. The van der Waals surface area contributed by atoms with Crippen LogP contribution in [0.2, 0.25) is 0 Å². The largest absolute Gasteiger partial charge is 0.448 e. The summed E-state index contributed by atoms with van der Waals surface area (Å²) in [4.78, 5) is 44.6. The number of nitrogens with zero attached hydrogens (tertiary/aromatic N) is 5. The van der Waals surface area contributed by atoms with Crippen molar-refractivity contribution in [3.8, 4) is 22.5 Å². The molecule has 4 aliphatic carbocycles. The van der Waals surface area contributed by atoms with Crippen LogP contribution in [0.25, 0.3) is 32.2 Å². The highest BCUT2D eigenvalue weighted by atomic mass is 16.6. The number of hydrogen-bond donors (Lipinski definition) is 1. The SMILES string of the molecule is C.C.[C-]#[N+]C1=C[C@]2(C)c3[nH]nc(-c4ccccc4)c3CC[C@H]2[C@H](C)C1=O.[C-]#[N+]C1=C[C@]2(C)c3nn(C(=O)OCC)c(-c4ccccc4)c3CC[C@H]2[C@H](C)C1=O. The number of benzene rings is 2. The third-order valence-electron chi connectivity index (χ3n) is 12.0.